The predicted molar refractivity (Wildman–Crippen MR) is 79.4 cm³/mol. The zero-order valence-corrected chi connectivity index (χ0v) is 12.4. The van der Waals surface area contributed by atoms with Gasteiger partial charge >= 0.3 is 5.97 Å². The van der Waals surface area contributed by atoms with E-state index < -0.39 is 5.97 Å². The quantitative estimate of drug-likeness (QED) is 0.683. The van der Waals surface area contributed by atoms with Gasteiger partial charge in [0.15, 0.2) is 0 Å². The molecule has 0 saturated carbocycles. The van der Waals surface area contributed by atoms with E-state index in [4.69, 9.17) is 26.8 Å². The summed E-state index contributed by atoms with van der Waals surface area (Å²) >= 11 is 6.25. The van der Waals surface area contributed by atoms with E-state index in [1.54, 1.807) is 12.1 Å². The van der Waals surface area contributed by atoms with E-state index in [-0.39, 0.29) is 6.10 Å². The van der Waals surface area contributed by atoms with Crippen molar-refractivity contribution < 1.29 is 14.3 Å². The molecule has 1 atom stereocenters. The fourth-order valence-electron chi connectivity index (χ4n) is 2.46. The Morgan fingerprint density at radius 1 is 1.60 bits per heavy atom. The number of anilines is 2. The summed E-state index contributed by atoms with van der Waals surface area (Å²) in [5, 5.41) is 0.436. The van der Waals surface area contributed by atoms with Gasteiger partial charge in [-0.3, -0.25) is 0 Å². The van der Waals surface area contributed by atoms with Crippen molar-refractivity contribution in [1.29, 1.82) is 0 Å². The number of ether oxygens (including phenoxy) is 2. The van der Waals surface area contributed by atoms with E-state index in [9.17, 15) is 4.79 Å². The van der Waals surface area contributed by atoms with Gasteiger partial charge in [-0.1, -0.05) is 11.6 Å². The molecule has 20 heavy (non-hydrogen) atoms. The molecule has 1 fully saturated rings. The van der Waals surface area contributed by atoms with E-state index in [1.165, 1.54) is 7.11 Å². The summed E-state index contributed by atoms with van der Waals surface area (Å²) in [7, 11) is 3.22. The van der Waals surface area contributed by atoms with Crippen LogP contribution in [0.4, 0.5) is 11.4 Å². The first-order chi connectivity index (χ1) is 9.52. The van der Waals surface area contributed by atoms with Gasteiger partial charge in [-0.25, -0.2) is 4.79 Å². The molecular weight excluding hydrogens is 280 g/mol. The standard InChI is InChI=1S/C14H19ClN2O3/c1-17(8-10-4-3-5-20-10)13-11(14(18)19-2)6-9(16)7-12(13)15/h6-7,10H,3-5,8,16H2,1-2H3. The first kappa shape index (κ1) is 14.9. The molecule has 1 aromatic carbocycles. The van der Waals surface area contributed by atoms with Crippen LogP contribution in [0.1, 0.15) is 23.2 Å². The molecule has 5 nitrogen and oxygen atoms in total. The number of hydrogen-bond acceptors (Lipinski definition) is 5. The number of carbonyl (C=O) groups excluding carboxylic acids is 1. The minimum Gasteiger partial charge on any atom is -0.465 e. The van der Waals surface area contributed by atoms with Crippen molar-refractivity contribution in [2.24, 2.45) is 0 Å². The van der Waals surface area contributed by atoms with Gasteiger partial charge in [0.2, 0.25) is 0 Å². The van der Waals surface area contributed by atoms with Crippen LogP contribution in [0.15, 0.2) is 12.1 Å². The molecule has 0 aromatic heterocycles. The summed E-state index contributed by atoms with van der Waals surface area (Å²) in [6.07, 6.45) is 2.25. The van der Waals surface area contributed by atoms with E-state index in [0.717, 1.165) is 19.4 Å². The van der Waals surface area contributed by atoms with Crippen LogP contribution in [0, 0.1) is 0 Å². The summed E-state index contributed by atoms with van der Waals surface area (Å²) in [4.78, 5) is 13.8. The van der Waals surface area contributed by atoms with Gasteiger partial charge in [0.05, 0.1) is 29.5 Å². The molecular formula is C14H19ClN2O3. The maximum absolute atomic E-state index is 11.9. The lowest BCUT2D eigenvalue weighted by atomic mass is 10.1. The van der Waals surface area contributed by atoms with E-state index >= 15 is 0 Å². The summed E-state index contributed by atoms with van der Waals surface area (Å²) < 4.78 is 10.4. The second-order valence-electron chi connectivity index (χ2n) is 4.91. The Labute approximate surface area is 123 Å². The molecule has 0 radical (unpaired) electrons. The SMILES string of the molecule is COC(=O)c1cc(N)cc(Cl)c1N(C)CC1CCCO1. The number of nitrogens with two attached hydrogens (primary N) is 1. The van der Waals surface area contributed by atoms with Crippen molar-refractivity contribution in [3.63, 3.8) is 0 Å². The molecule has 6 heteroatoms. The Hall–Kier alpha value is -1.46. The van der Waals surface area contributed by atoms with Crippen molar-refractivity contribution in [3.05, 3.63) is 22.7 Å². The molecule has 2 N–H and O–H groups in total. The number of nitrogens with zero attached hydrogens (tertiary/aromatic N) is 1. The Bertz CT molecular complexity index is 501. The second kappa shape index (κ2) is 6.33. The average molecular weight is 299 g/mol. The monoisotopic (exact) mass is 298 g/mol. The highest BCUT2D eigenvalue weighted by Gasteiger charge is 2.23. The van der Waals surface area contributed by atoms with Crippen molar-refractivity contribution in [3.8, 4) is 0 Å². The molecule has 1 aliphatic heterocycles. The zero-order valence-electron chi connectivity index (χ0n) is 11.7. The number of hydrogen-bond donors (Lipinski definition) is 1. The highest BCUT2D eigenvalue weighted by atomic mass is 35.5. The Kier molecular flexibility index (Phi) is 4.73. The van der Waals surface area contributed by atoms with Crippen LogP contribution in [0.5, 0.6) is 0 Å². The van der Waals surface area contributed by atoms with Crippen LogP contribution in [-0.2, 0) is 9.47 Å². The van der Waals surface area contributed by atoms with Gasteiger partial charge in [0.1, 0.15) is 0 Å². The lowest BCUT2D eigenvalue weighted by Gasteiger charge is -2.25. The maximum atomic E-state index is 11.9. The first-order valence-electron chi connectivity index (χ1n) is 6.53. The maximum Gasteiger partial charge on any atom is 0.340 e. The van der Waals surface area contributed by atoms with Gasteiger partial charge in [-0.05, 0) is 25.0 Å². The number of halogens is 1. The van der Waals surface area contributed by atoms with Crippen LogP contribution in [0.3, 0.4) is 0 Å². The summed E-state index contributed by atoms with van der Waals surface area (Å²) in [5.74, 6) is -0.451. The second-order valence-corrected chi connectivity index (χ2v) is 5.31. The lowest BCUT2D eigenvalue weighted by molar-refractivity contribution is 0.0601. The van der Waals surface area contributed by atoms with E-state index in [1.807, 2.05) is 11.9 Å². The molecule has 0 spiro atoms. The molecule has 1 heterocycles. The van der Waals surface area contributed by atoms with Crippen molar-refractivity contribution in [2.75, 3.05) is 37.9 Å². The van der Waals surface area contributed by atoms with Gasteiger partial charge in [-0.2, -0.15) is 0 Å². The average Bonchev–Trinajstić information content (AvgIpc) is 2.89. The third-order valence-electron chi connectivity index (χ3n) is 3.37. The molecule has 1 unspecified atom stereocenters. The number of benzene rings is 1. The summed E-state index contributed by atoms with van der Waals surface area (Å²) in [6, 6.07) is 3.22. The third-order valence-corrected chi connectivity index (χ3v) is 3.66. The first-order valence-corrected chi connectivity index (χ1v) is 6.90. The normalized spacial score (nSPS) is 18.1. The number of methoxy groups -OCH3 is 1. The fourth-order valence-corrected chi connectivity index (χ4v) is 2.83. The fraction of sp³-hybridized carbons (Fsp3) is 0.500. The van der Waals surface area contributed by atoms with E-state index in [0.29, 0.717) is 28.5 Å². The minimum absolute atomic E-state index is 0.166. The van der Waals surface area contributed by atoms with Gasteiger partial charge in [-0.15, -0.1) is 0 Å². The highest BCUT2D eigenvalue weighted by Crippen LogP contribution is 2.33. The molecule has 1 aromatic rings. The van der Waals surface area contributed by atoms with Crippen LogP contribution >= 0.6 is 11.6 Å². The predicted octanol–water partition coefficient (Wildman–Crippen LogP) is 2.32. The van der Waals surface area contributed by atoms with Crippen LogP contribution in [0.2, 0.25) is 5.02 Å². The molecule has 0 amide bonds. The summed E-state index contributed by atoms with van der Waals surface area (Å²) in [6.45, 7) is 1.46. The topological polar surface area (TPSA) is 64.8 Å². The Morgan fingerprint density at radius 2 is 2.35 bits per heavy atom. The summed E-state index contributed by atoms with van der Waals surface area (Å²) in [5.41, 5.74) is 7.19. The molecule has 1 aliphatic rings. The van der Waals surface area contributed by atoms with Crippen LogP contribution in [0.25, 0.3) is 0 Å². The van der Waals surface area contributed by atoms with Crippen LogP contribution in [-0.4, -0.2) is 39.4 Å². The molecule has 1 saturated heterocycles. The largest absolute Gasteiger partial charge is 0.465 e. The Morgan fingerprint density at radius 3 is 2.95 bits per heavy atom. The number of carbonyl (C=O) groups is 1. The molecule has 2 rings (SSSR count). The van der Waals surface area contributed by atoms with Gasteiger partial charge in [0.25, 0.3) is 0 Å². The Balaban J connectivity index is 2.30. The van der Waals surface area contributed by atoms with Crippen molar-refractivity contribution >= 4 is 28.9 Å². The molecule has 0 bridgehead atoms. The van der Waals surface area contributed by atoms with Crippen LogP contribution < -0.4 is 10.6 Å². The van der Waals surface area contributed by atoms with Crippen molar-refractivity contribution in [1.82, 2.24) is 0 Å². The zero-order chi connectivity index (χ0) is 14.7. The van der Waals surface area contributed by atoms with Gasteiger partial charge in [0, 0.05) is 25.9 Å². The lowest BCUT2D eigenvalue weighted by Crippen LogP contribution is -2.30. The molecule has 110 valence electrons. The third kappa shape index (κ3) is 3.16. The smallest absolute Gasteiger partial charge is 0.340 e. The number of esters is 1. The van der Waals surface area contributed by atoms with Crippen molar-refractivity contribution in [2.45, 2.75) is 18.9 Å². The number of rotatable bonds is 4. The van der Waals surface area contributed by atoms with Gasteiger partial charge < -0.3 is 20.1 Å². The number of nitrogen functional groups attached to an aromatic ring is 1. The molecule has 0 aliphatic carbocycles. The minimum atomic E-state index is -0.451. The number of likely N-dealkylation sites (N-methyl/N-ethyl adjacent to an activating group) is 1. The highest BCUT2D eigenvalue weighted by molar-refractivity contribution is 6.34. The van der Waals surface area contributed by atoms with E-state index in [2.05, 4.69) is 0 Å².